The van der Waals surface area contributed by atoms with Crippen LogP contribution >= 0.6 is 75.3 Å². The fourth-order valence-electron chi connectivity index (χ4n) is 2.67. The molecule has 0 aliphatic heterocycles. The lowest BCUT2D eigenvalue weighted by Gasteiger charge is -2.15. The summed E-state index contributed by atoms with van der Waals surface area (Å²) in [6, 6.07) is 14.4. The number of hydrogen-bond donors (Lipinski definition) is 2. The van der Waals surface area contributed by atoms with Crippen molar-refractivity contribution in [3.8, 4) is 5.75 Å². The Labute approximate surface area is 216 Å². The van der Waals surface area contributed by atoms with Gasteiger partial charge in [-0.15, -0.1) is 0 Å². The third-order valence-electron chi connectivity index (χ3n) is 4.13. The molecule has 31 heavy (non-hydrogen) atoms. The van der Waals surface area contributed by atoms with Crippen LogP contribution < -0.4 is 10.1 Å². The molecule has 0 heterocycles. The molecule has 0 unspecified atom stereocenters. The summed E-state index contributed by atoms with van der Waals surface area (Å²) in [7, 11) is 0. The SMILES string of the molecule is O=C(O)c1c(Br)c(Br)c(Br)c(Br)c1C(=O)Nc1ccc(OCc2ccccc2)c(Cl)c1. The van der Waals surface area contributed by atoms with E-state index in [-0.39, 0.29) is 15.6 Å². The van der Waals surface area contributed by atoms with Crippen LogP contribution in [0.5, 0.6) is 5.75 Å². The van der Waals surface area contributed by atoms with Gasteiger partial charge in [0.15, 0.2) is 0 Å². The standard InChI is InChI=1S/C21H12Br4ClNO4/c22-16-14(15(21(29)30)17(23)19(25)18(16)24)20(28)27-11-6-7-13(12(26)8-11)31-9-10-4-2-1-3-5-10/h1-8H,9H2,(H,27,28)(H,29,30). The molecule has 160 valence electrons. The third kappa shape index (κ3) is 5.51. The maximum atomic E-state index is 12.9. The number of carboxylic acid groups (broad SMARTS) is 1. The molecule has 0 aromatic heterocycles. The highest BCUT2D eigenvalue weighted by Gasteiger charge is 2.28. The maximum absolute atomic E-state index is 12.9. The summed E-state index contributed by atoms with van der Waals surface area (Å²) in [5, 5.41) is 12.6. The topological polar surface area (TPSA) is 75.6 Å². The molecule has 0 spiro atoms. The zero-order valence-corrected chi connectivity index (χ0v) is 22.5. The van der Waals surface area contributed by atoms with E-state index >= 15 is 0 Å². The average Bonchev–Trinajstić information content (AvgIpc) is 2.74. The minimum atomic E-state index is -1.26. The summed E-state index contributed by atoms with van der Waals surface area (Å²) < 4.78 is 7.24. The van der Waals surface area contributed by atoms with Crippen molar-refractivity contribution in [1.29, 1.82) is 0 Å². The number of amides is 1. The molecule has 2 N–H and O–H groups in total. The van der Waals surface area contributed by atoms with Crippen molar-refractivity contribution in [3.63, 3.8) is 0 Å². The summed E-state index contributed by atoms with van der Waals surface area (Å²) in [5.41, 5.74) is 1.15. The number of nitrogens with one attached hydrogen (secondary N) is 1. The molecular formula is C21H12Br4ClNO4. The van der Waals surface area contributed by atoms with Gasteiger partial charge in [-0.3, -0.25) is 4.79 Å². The van der Waals surface area contributed by atoms with E-state index in [1.807, 2.05) is 30.3 Å². The van der Waals surface area contributed by atoms with Crippen LogP contribution in [0.1, 0.15) is 26.3 Å². The molecule has 0 saturated carbocycles. The Morgan fingerprint density at radius 2 is 1.52 bits per heavy atom. The highest BCUT2D eigenvalue weighted by atomic mass is 79.9. The largest absolute Gasteiger partial charge is 0.487 e. The van der Waals surface area contributed by atoms with Gasteiger partial charge in [0.25, 0.3) is 5.91 Å². The number of hydrogen-bond acceptors (Lipinski definition) is 3. The highest BCUT2D eigenvalue weighted by Crippen LogP contribution is 2.42. The molecule has 1 amide bonds. The summed E-state index contributed by atoms with van der Waals surface area (Å²) in [5.74, 6) is -1.41. The monoisotopic (exact) mass is 693 g/mol. The number of benzene rings is 3. The number of halogens is 5. The summed E-state index contributed by atoms with van der Waals surface area (Å²) in [4.78, 5) is 24.7. The second kappa shape index (κ2) is 10.5. The van der Waals surface area contributed by atoms with Crippen molar-refractivity contribution in [1.82, 2.24) is 0 Å². The molecule has 0 fully saturated rings. The first-order chi connectivity index (χ1) is 14.7. The maximum Gasteiger partial charge on any atom is 0.337 e. The first kappa shape index (κ1) is 24.3. The summed E-state index contributed by atoms with van der Waals surface area (Å²) in [6.45, 7) is 0.349. The first-order valence-electron chi connectivity index (χ1n) is 8.57. The van der Waals surface area contributed by atoms with Crippen molar-refractivity contribution >= 4 is 92.9 Å². The van der Waals surface area contributed by atoms with Crippen LogP contribution in [-0.4, -0.2) is 17.0 Å². The van der Waals surface area contributed by atoms with E-state index < -0.39 is 11.9 Å². The number of ether oxygens (including phenoxy) is 1. The smallest absolute Gasteiger partial charge is 0.337 e. The van der Waals surface area contributed by atoms with Crippen molar-refractivity contribution in [2.75, 3.05) is 5.32 Å². The van der Waals surface area contributed by atoms with E-state index in [1.54, 1.807) is 12.1 Å². The van der Waals surface area contributed by atoms with Crippen LogP contribution in [0.2, 0.25) is 5.02 Å². The lowest BCUT2D eigenvalue weighted by molar-refractivity contribution is 0.0691. The second-order valence-electron chi connectivity index (χ2n) is 6.18. The van der Waals surface area contributed by atoms with E-state index in [9.17, 15) is 14.7 Å². The van der Waals surface area contributed by atoms with Gasteiger partial charge in [-0.2, -0.15) is 0 Å². The Balaban J connectivity index is 1.84. The number of anilines is 1. The van der Waals surface area contributed by atoms with Gasteiger partial charge in [-0.05, 0) is 87.5 Å². The predicted molar refractivity (Wildman–Crippen MR) is 134 cm³/mol. The lowest BCUT2D eigenvalue weighted by atomic mass is 10.1. The summed E-state index contributed by atoms with van der Waals surface area (Å²) >= 11 is 19.5. The van der Waals surface area contributed by atoms with Crippen LogP contribution in [0.3, 0.4) is 0 Å². The molecule has 10 heteroatoms. The Morgan fingerprint density at radius 3 is 2.10 bits per heavy atom. The third-order valence-corrected chi connectivity index (χ3v) is 9.20. The van der Waals surface area contributed by atoms with Gasteiger partial charge in [0.1, 0.15) is 12.4 Å². The molecule has 0 atom stereocenters. The Hall–Kier alpha value is -1.39. The number of carboxylic acids is 1. The Morgan fingerprint density at radius 1 is 0.903 bits per heavy atom. The minimum Gasteiger partial charge on any atom is -0.487 e. The molecular weight excluding hydrogens is 685 g/mol. The first-order valence-corrected chi connectivity index (χ1v) is 12.1. The average molecular weight is 697 g/mol. The quantitative estimate of drug-likeness (QED) is 0.203. The molecule has 5 nitrogen and oxygen atoms in total. The van der Waals surface area contributed by atoms with E-state index in [4.69, 9.17) is 16.3 Å². The van der Waals surface area contributed by atoms with Crippen LogP contribution in [0.25, 0.3) is 0 Å². The fourth-order valence-corrected chi connectivity index (χ4v) is 5.37. The van der Waals surface area contributed by atoms with Gasteiger partial charge in [0, 0.05) is 23.6 Å². The molecule has 0 saturated heterocycles. The van der Waals surface area contributed by atoms with Crippen LogP contribution in [0.15, 0.2) is 66.4 Å². The number of carbonyl (C=O) groups excluding carboxylic acids is 1. The van der Waals surface area contributed by atoms with Gasteiger partial charge < -0.3 is 15.2 Å². The minimum absolute atomic E-state index is 0.0463. The van der Waals surface area contributed by atoms with Crippen LogP contribution in [0, 0.1) is 0 Å². The van der Waals surface area contributed by atoms with Gasteiger partial charge in [-0.1, -0.05) is 41.9 Å². The van der Waals surface area contributed by atoms with Gasteiger partial charge in [0.2, 0.25) is 0 Å². The van der Waals surface area contributed by atoms with Gasteiger partial charge in [-0.25, -0.2) is 4.79 Å². The number of carbonyl (C=O) groups is 2. The van der Waals surface area contributed by atoms with E-state index in [1.165, 1.54) is 6.07 Å². The van der Waals surface area contributed by atoms with Crippen LogP contribution in [-0.2, 0) is 6.61 Å². The Kier molecular flexibility index (Phi) is 8.20. The van der Waals surface area contributed by atoms with E-state index in [0.29, 0.717) is 36.5 Å². The summed E-state index contributed by atoms with van der Waals surface area (Å²) in [6.07, 6.45) is 0. The zero-order chi connectivity index (χ0) is 22.7. The predicted octanol–water partition coefficient (Wildman–Crippen LogP) is 7.92. The van der Waals surface area contributed by atoms with E-state index in [0.717, 1.165) is 5.56 Å². The molecule has 3 rings (SSSR count). The van der Waals surface area contributed by atoms with E-state index in [2.05, 4.69) is 69.0 Å². The highest BCUT2D eigenvalue weighted by molar-refractivity contribution is 9.15. The molecule has 0 aliphatic rings. The van der Waals surface area contributed by atoms with Gasteiger partial charge >= 0.3 is 5.97 Å². The van der Waals surface area contributed by atoms with Gasteiger partial charge in [0.05, 0.1) is 16.1 Å². The number of rotatable bonds is 6. The van der Waals surface area contributed by atoms with Crippen molar-refractivity contribution in [2.24, 2.45) is 0 Å². The van der Waals surface area contributed by atoms with Crippen molar-refractivity contribution in [3.05, 3.63) is 88.1 Å². The molecule has 0 aliphatic carbocycles. The normalized spacial score (nSPS) is 10.6. The Bertz CT molecular complexity index is 1170. The van der Waals surface area contributed by atoms with Crippen molar-refractivity contribution in [2.45, 2.75) is 6.61 Å². The molecule has 0 radical (unpaired) electrons. The number of aromatic carboxylic acids is 1. The molecule has 3 aromatic rings. The van der Waals surface area contributed by atoms with Crippen LogP contribution in [0.4, 0.5) is 5.69 Å². The van der Waals surface area contributed by atoms with Crippen molar-refractivity contribution < 1.29 is 19.4 Å². The molecule has 0 bridgehead atoms. The fraction of sp³-hybridized carbons (Fsp3) is 0.0476. The lowest BCUT2D eigenvalue weighted by Crippen LogP contribution is -2.18. The molecule has 3 aromatic carbocycles. The second-order valence-corrected chi connectivity index (χ2v) is 9.76. The zero-order valence-electron chi connectivity index (χ0n) is 15.4.